The molecule has 206 valence electrons. The van der Waals surface area contributed by atoms with Crippen molar-refractivity contribution in [3.05, 3.63) is 95.3 Å². The predicted octanol–water partition coefficient (Wildman–Crippen LogP) is 4.90. The smallest absolute Gasteiger partial charge is 0.338 e. The van der Waals surface area contributed by atoms with Crippen LogP contribution in [0.3, 0.4) is 0 Å². The third kappa shape index (κ3) is 7.32. The summed E-state index contributed by atoms with van der Waals surface area (Å²) >= 11 is 1.13. The van der Waals surface area contributed by atoms with E-state index in [0.29, 0.717) is 28.5 Å². The van der Waals surface area contributed by atoms with Crippen LogP contribution in [0.5, 0.6) is 0 Å². The molecule has 2 N–H and O–H groups in total. The zero-order valence-corrected chi connectivity index (χ0v) is 22.3. The molecule has 0 aliphatic carbocycles. The number of carbonyl (C=O) groups excluding carboxylic acids is 3. The van der Waals surface area contributed by atoms with Gasteiger partial charge in [-0.25, -0.2) is 19.0 Å². The van der Waals surface area contributed by atoms with Crippen LogP contribution in [-0.2, 0) is 20.7 Å². The number of esters is 1. The summed E-state index contributed by atoms with van der Waals surface area (Å²) < 4.78 is 18.3. The Morgan fingerprint density at radius 3 is 2.30 bits per heavy atom. The monoisotopic (exact) mass is 563 g/mol. The summed E-state index contributed by atoms with van der Waals surface area (Å²) in [4.78, 5) is 55.5. The molecule has 1 aliphatic heterocycles. The maximum atomic E-state index is 13.3. The minimum atomic E-state index is -1.08. The Morgan fingerprint density at radius 1 is 1.02 bits per heavy atom. The van der Waals surface area contributed by atoms with E-state index < -0.39 is 23.1 Å². The number of amidine groups is 1. The van der Waals surface area contributed by atoms with Gasteiger partial charge >= 0.3 is 11.9 Å². The van der Waals surface area contributed by atoms with E-state index in [4.69, 9.17) is 9.84 Å². The van der Waals surface area contributed by atoms with Gasteiger partial charge in [-0.15, -0.1) is 0 Å². The number of benzene rings is 3. The number of hydrogen-bond donors (Lipinski definition) is 2. The lowest BCUT2D eigenvalue weighted by Crippen LogP contribution is -2.46. The summed E-state index contributed by atoms with van der Waals surface area (Å²) in [5.41, 5.74) is 2.15. The van der Waals surface area contributed by atoms with Crippen LogP contribution in [0.15, 0.2) is 77.8 Å². The summed E-state index contributed by atoms with van der Waals surface area (Å²) in [6, 6.07) is 18.1. The van der Waals surface area contributed by atoms with Gasteiger partial charge < -0.3 is 15.2 Å². The number of nitrogens with zero attached hydrogens (tertiary/aromatic N) is 2. The molecule has 0 saturated carbocycles. The molecule has 0 aromatic heterocycles. The van der Waals surface area contributed by atoms with Gasteiger partial charge in [0.2, 0.25) is 11.8 Å². The first kappa shape index (κ1) is 28.5. The SMILES string of the molecule is CCOC(=O)c1ccc(N=C2S[C@@H](C(=O)Nc3ccc(C(=O)O)cc3)CC(=O)N2CCc2ccc(F)cc2)cc1. The number of halogens is 1. The van der Waals surface area contributed by atoms with Crippen molar-refractivity contribution in [1.82, 2.24) is 4.90 Å². The minimum absolute atomic E-state index is 0.0755. The molecular weight excluding hydrogens is 537 g/mol. The lowest BCUT2D eigenvalue weighted by Gasteiger charge is -2.32. The number of carboxylic acids is 1. The van der Waals surface area contributed by atoms with Gasteiger partial charge in [0.15, 0.2) is 5.17 Å². The molecule has 4 rings (SSSR count). The summed E-state index contributed by atoms with van der Waals surface area (Å²) in [7, 11) is 0. The maximum Gasteiger partial charge on any atom is 0.338 e. The van der Waals surface area contributed by atoms with Crippen LogP contribution in [0.1, 0.15) is 39.6 Å². The lowest BCUT2D eigenvalue weighted by atomic mass is 10.1. The topological polar surface area (TPSA) is 125 Å². The second kappa shape index (κ2) is 13.0. The Hall–Kier alpha value is -4.51. The van der Waals surface area contributed by atoms with E-state index in [9.17, 15) is 23.6 Å². The third-order valence-corrected chi connectivity index (χ3v) is 7.16. The normalized spacial score (nSPS) is 16.1. The molecule has 1 aliphatic rings. The van der Waals surface area contributed by atoms with Crippen molar-refractivity contribution < 1.29 is 33.4 Å². The number of aromatic carboxylic acids is 1. The van der Waals surface area contributed by atoms with Gasteiger partial charge in [-0.3, -0.25) is 14.5 Å². The Morgan fingerprint density at radius 2 is 1.68 bits per heavy atom. The molecule has 1 fully saturated rings. The fourth-order valence-corrected chi connectivity index (χ4v) is 4.99. The molecule has 40 heavy (non-hydrogen) atoms. The molecule has 3 aromatic carbocycles. The molecular formula is C29H26FN3O6S. The van der Waals surface area contributed by atoms with Crippen LogP contribution in [-0.4, -0.2) is 57.3 Å². The Labute approximate surface area is 234 Å². The zero-order valence-electron chi connectivity index (χ0n) is 21.5. The molecule has 2 amide bonds. The second-order valence-electron chi connectivity index (χ2n) is 8.77. The molecule has 0 spiro atoms. The number of rotatable bonds is 9. The second-order valence-corrected chi connectivity index (χ2v) is 9.94. The van der Waals surface area contributed by atoms with Crippen molar-refractivity contribution in [2.24, 2.45) is 4.99 Å². The Kier molecular flexibility index (Phi) is 9.28. The highest BCUT2D eigenvalue weighted by Gasteiger charge is 2.36. The molecule has 0 radical (unpaired) electrons. The van der Waals surface area contributed by atoms with Crippen molar-refractivity contribution in [2.75, 3.05) is 18.5 Å². The fourth-order valence-electron chi connectivity index (χ4n) is 3.87. The van der Waals surface area contributed by atoms with Crippen LogP contribution < -0.4 is 5.32 Å². The number of thioether (sulfide) groups is 1. The summed E-state index contributed by atoms with van der Waals surface area (Å²) in [6.07, 6.45) is 0.369. The highest BCUT2D eigenvalue weighted by Crippen LogP contribution is 2.30. The first-order valence-electron chi connectivity index (χ1n) is 12.4. The van der Waals surface area contributed by atoms with Gasteiger partial charge in [-0.1, -0.05) is 23.9 Å². The van der Waals surface area contributed by atoms with Crippen LogP contribution in [0.4, 0.5) is 15.8 Å². The van der Waals surface area contributed by atoms with E-state index >= 15 is 0 Å². The van der Waals surface area contributed by atoms with Gasteiger partial charge in [0.05, 0.1) is 23.4 Å². The Balaban J connectivity index is 1.55. The van der Waals surface area contributed by atoms with Crippen LogP contribution in [0.2, 0.25) is 0 Å². The molecule has 1 saturated heterocycles. The number of carboxylic acid groups (broad SMARTS) is 1. The van der Waals surface area contributed by atoms with E-state index in [1.165, 1.54) is 41.3 Å². The average Bonchev–Trinajstić information content (AvgIpc) is 2.94. The van der Waals surface area contributed by atoms with E-state index in [1.54, 1.807) is 43.3 Å². The number of ether oxygens (including phenoxy) is 1. The van der Waals surface area contributed by atoms with Crippen molar-refractivity contribution >= 4 is 52.1 Å². The predicted molar refractivity (Wildman–Crippen MR) is 149 cm³/mol. The lowest BCUT2D eigenvalue weighted by molar-refractivity contribution is -0.129. The van der Waals surface area contributed by atoms with E-state index in [-0.39, 0.29) is 36.9 Å². The number of aliphatic imine (C=N–C) groups is 1. The molecule has 9 nitrogen and oxygen atoms in total. The maximum absolute atomic E-state index is 13.3. The van der Waals surface area contributed by atoms with Gasteiger partial charge in [0.1, 0.15) is 11.1 Å². The zero-order chi connectivity index (χ0) is 28.6. The molecule has 0 unspecified atom stereocenters. The number of hydrogen-bond acceptors (Lipinski definition) is 7. The van der Waals surface area contributed by atoms with Crippen molar-refractivity contribution in [3.63, 3.8) is 0 Å². The van der Waals surface area contributed by atoms with E-state index in [1.807, 2.05) is 0 Å². The third-order valence-electron chi connectivity index (χ3n) is 5.97. The van der Waals surface area contributed by atoms with Crippen LogP contribution in [0, 0.1) is 5.82 Å². The van der Waals surface area contributed by atoms with Crippen LogP contribution >= 0.6 is 11.8 Å². The van der Waals surface area contributed by atoms with Gasteiger partial charge in [-0.2, -0.15) is 0 Å². The number of amides is 2. The number of anilines is 1. The summed E-state index contributed by atoms with van der Waals surface area (Å²) in [5, 5.41) is 11.3. The van der Waals surface area contributed by atoms with E-state index in [0.717, 1.165) is 17.3 Å². The van der Waals surface area contributed by atoms with Gasteiger partial charge in [0, 0.05) is 18.7 Å². The highest BCUT2D eigenvalue weighted by atomic mass is 32.2. The Bertz CT molecular complexity index is 1430. The standard InChI is InChI=1S/C29H26FN3O6S/c1-2-39-28(38)20-7-13-23(14-8-20)32-29-33(16-15-18-3-9-21(30)10-4-18)25(34)17-24(40-29)26(35)31-22-11-5-19(6-12-22)27(36)37/h3-14,24H,2,15-17H2,1H3,(H,31,35)(H,36,37)/t24-/m1/s1. The number of nitrogens with one attached hydrogen (secondary N) is 1. The minimum Gasteiger partial charge on any atom is -0.478 e. The molecule has 1 heterocycles. The van der Waals surface area contributed by atoms with Gasteiger partial charge in [-0.05, 0) is 79.6 Å². The van der Waals surface area contributed by atoms with E-state index in [2.05, 4.69) is 10.3 Å². The van der Waals surface area contributed by atoms with Gasteiger partial charge in [0.25, 0.3) is 0 Å². The largest absolute Gasteiger partial charge is 0.478 e. The van der Waals surface area contributed by atoms with Crippen molar-refractivity contribution in [1.29, 1.82) is 0 Å². The first-order valence-corrected chi connectivity index (χ1v) is 13.3. The highest BCUT2D eigenvalue weighted by molar-refractivity contribution is 8.15. The summed E-state index contributed by atoms with van der Waals surface area (Å²) in [6.45, 7) is 2.23. The van der Waals surface area contributed by atoms with Crippen molar-refractivity contribution in [3.8, 4) is 0 Å². The quantitative estimate of drug-likeness (QED) is 0.355. The molecule has 0 bridgehead atoms. The molecule has 1 atom stereocenters. The average molecular weight is 564 g/mol. The van der Waals surface area contributed by atoms with Crippen molar-refractivity contribution in [2.45, 2.75) is 25.0 Å². The molecule has 3 aromatic rings. The fraction of sp³-hybridized carbons (Fsp3) is 0.207. The number of carbonyl (C=O) groups is 4. The summed E-state index contributed by atoms with van der Waals surface area (Å²) in [5.74, 6) is -2.62. The molecule has 11 heteroatoms. The first-order chi connectivity index (χ1) is 19.2. The van der Waals surface area contributed by atoms with Crippen LogP contribution in [0.25, 0.3) is 0 Å².